The number of Topliss-reactive ketones (excluding diaryl/α,β-unsaturated/α-hetero) is 1. The Morgan fingerprint density at radius 3 is 2.39 bits per heavy atom. The molecule has 11 nitrogen and oxygen atoms in total. The second-order valence-electron chi connectivity index (χ2n) is 11.1. The lowest BCUT2D eigenvalue weighted by molar-refractivity contribution is -0.138. The third-order valence-corrected chi connectivity index (χ3v) is 9.45. The average Bonchev–Trinajstić information content (AvgIpc) is 3.23. The third kappa shape index (κ3) is 7.86. The Hall–Kier alpha value is -4.41. The van der Waals surface area contributed by atoms with Crippen LogP contribution in [0, 0.1) is 11.3 Å². The average molecular weight is 752 g/mol. The van der Waals surface area contributed by atoms with Crippen LogP contribution in [0.2, 0.25) is 0 Å². The number of anilines is 2. The molecular formula is C33H32Br2N6O5. The molecule has 0 aromatic heterocycles. The zero-order chi connectivity index (χ0) is 32.8. The van der Waals surface area contributed by atoms with Crippen LogP contribution in [0.15, 0.2) is 69.6 Å². The molecule has 4 amide bonds. The van der Waals surface area contributed by atoms with Gasteiger partial charge in [-0.25, -0.2) is 4.79 Å². The number of ketones is 1. The number of piperidine rings is 1. The van der Waals surface area contributed by atoms with Gasteiger partial charge in [0.25, 0.3) is 5.91 Å². The van der Waals surface area contributed by atoms with Crippen LogP contribution in [0.5, 0.6) is 5.75 Å². The molecule has 0 aliphatic carbocycles. The van der Waals surface area contributed by atoms with Gasteiger partial charge in [-0.2, -0.15) is 5.26 Å². The fraction of sp³-hybridized carbons (Fsp3) is 0.303. The first-order valence-electron chi connectivity index (χ1n) is 14.8. The number of benzene rings is 3. The Labute approximate surface area is 283 Å². The summed E-state index contributed by atoms with van der Waals surface area (Å²) in [5.41, 5.74) is 9.08. The van der Waals surface area contributed by atoms with Gasteiger partial charge in [-0.1, -0.05) is 18.2 Å². The Morgan fingerprint density at radius 1 is 1.04 bits per heavy atom. The normalized spacial score (nSPS) is 15.5. The Bertz CT molecular complexity index is 1660. The van der Waals surface area contributed by atoms with Crippen LogP contribution in [-0.4, -0.2) is 71.8 Å². The number of nitrogens with one attached hydrogen (secondary N) is 2. The van der Waals surface area contributed by atoms with E-state index in [1.54, 1.807) is 41.3 Å². The molecule has 2 heterocycles. The number of ether oxygens (including phenoxy) is 1. The van der Waals surface area contributed by atoms with Crippen molar-refractivity contribution in [1.29, 1.82) is 5.26 Å². The highest BCUT2D eigenvalue weighted by molar-refractivity contribution is 9.11. The second-order valence-corrected chi connectivity index (χ2v) is 12.8. The lowest BCUT2D eigenvalue weighted by Gasteiger charge is -2.39. The van der Waals surface area contributed by atoms with Crippen molar-refractivity contribution in [3.05, 3.63) is 86.3 Å². The Kier molecular flexibility index (Phi) is 10.6. The van der Waals surface area contributed by atoms with Gasteiger partial charge < -0.3 is 30.9 Å². The Morgan fingerprint density at radius 2 is 1.72 bits per heavy atom. The molecule has 1 saturated heterocycles. The van der Waals surface area contributed by atoms with Gasteiger partial charge in [0.2, 0.25) is 5.91 Å². The van der Waals surface area contributed by atoms with E-state index >= 15 is 0 Å². The number of nitrogens with zero attached hydrogens (tertiary/aromatic N) is 3. The van der Waals surface area contributed by atoms with Crippen LogP contribution in [0.3, 0.4) is 0 Å². The van der Waals surface area contributed by atoms with E-state index in [0.717, 1.165) is 17.7 Å². The summed E-state index contributed by atoms with van der Waals surface area (Å²) < 4.78 is 6.60. The molecule has 0 saturated carbocycles. The number of fused-ring (bicyclic) bond motifs is 1. The minimum atomic E-state index is -1.15. The van der Waals surface area contributed by atoms with E-state index in [4.69, 9.17) is 15.7 Å². The van der Waals surface area contributed by atoms with Gasteiger partial charge in [0.1, 0.15) is 11.8 Å². The van der Waals surface area contributed by atoms with Gasteiger partial charge in [0, 0.05) is 52.3 Å². The topological polar surface area (TPSA) is 158 Å². The van der Waals surface area contributed by atoms with Gasteiger partial charge in [-0.05, 0) is 99.2 Å². The molecule has 2 aliphatic rings. The highest BCUT2D eigenvalue weighted by Crippen LogP contribution is 2.30. The number of likely N-dealkylation sites (tertiary alicyclic amines) is 1. The summed E-state index contributed by atoms with van der Waals surface area (Å²) in [6, 6.07) is 17.8. The fourth-order valence-corrected chi connectivity index (χ4v) is 6.80. The number of carbonyl (C=O) groups excluding carboxylic acids is 4. The summed E-state index contributed by atoms with van der Waals surface area (Å²) in [4.78, 5) is 56.7. The number of halogens is 2. The summed E-state index contributed by atoms with van der Waals surface area (Å²) in [5, 5.41) is 14.7. The van der Waals surface area contributed by atoms with Gasteiger partial charge in [0.05, 0.1) is 17.3 Å². The number of hydrogen-bond acceptors (Lipinski definition) is 7. The van der Waals surface area contributed by atoms with Crippen LogP contribution < -0.4 is 21.1 Å². The molecule has 5 rings (SSSR count). The summed E-state index contributed by atoms with van der Waals surface area (Å²) in [5.74, 6) is -0.943. The largest absolute Gasteiger partial charge is 0.484 e. The molecule has 0 bridgehead atoms. The number of amides is 4. The molecule has 1 atom stereocenters. The van der Waals surface area contributed by atoms with Crippen molar-refractivity contribution in [2.24, 2.45) is 0 Å². The molecule has 4 N–H and O–H groups in total. The number of rotatable bonds is 9. The van der Waals surface area contributed by atoms with E-state index in [1.165, 1.54) is 0 Å². The predicted octanol–water partition coefficient (Wildman–Crippen LogP) is 4.88. The number of nitrogens with two attached hydrogens (primary N) is 1. The number of nitriles is 1. The quantitative estimate of drug-likeness (QED) is 0.208. The molecule has 46 heavy (non-hydrogen) atoms. The van der Waals surface area contributed by atoms with Gasteiger partial charge in [-0.15, -0.1) is 0 Å². The van der Waals surface area contributed by atoms with Crippen molar-refractivity contribution in [1.82, 2.24) is 15.1 Å². The lowest BCUT2D eigenvalue weighted by Crippen LogP contribution is -2.55. The molecule has 3 aromatic carbocycles. The first-order valence-corrected chi connectivity index (χ1v) is 16.4. The second kappa shape index (κ2) is 14.8. The third-order valence-electron chi connectivity index (χ3n) is 8.14. The number of hydrogen-bond donors (Lipinski definition) is 3. The van der Waals surface area contributed by atoms with Crippen molar-refractivity contribution in [3.63, 3.8) is 0 Å². The highest BCUT2D eigenvalue weighted by Gasteiger charge is 2.35. The number of urea groups is 1. The maximum atomic E-state index is 13.8. The van der Waals surface area contributed by atoms with Crippen LogP contribution in [0.25, 0.3) is 0 Å². The van der Waals surface area contributed by atoms with Gasteiger partial charge >= 0.3 is 6.03 Å². The maximum absolute atomic E-state index is 13.8. The highest BCUT2D eigenvalue weighted by atomic mass is 79.9. The monoisotopic (exact) mass is 750 g/mol. The van der Waals surface area contributed by atoms with Crippen molar-refractivity contribution < 1.29 is 23.9 Å². The van der Waals surface area contributed by atoms with Crippen molar-refractivity contribution in [3.8, 4) is 11.8 Å². The predicted molar refractivity (Wildman–Crippen MR) is 179 cm³/mol. The van der Waals surface area contributed by atoms with Gasteiger partial charge in [0.15, 0.2) is 12.4 Å². The van der Waals surface area contributed by atoms with E-state index in [0.29, 0.717) is 64.0 Å². The molecule has 0 spiro atoms. The summed E-state index contributed by atoms with van der Waals surface area (Å²) in [6.07, 6.45) is 1.57. The number of carbonyl (C=O) groups is 4. The zero-order valence-electron chi connectivity index (χ0n) is 24.8. The summed E-state index contributed by atoms with van der Waals surface area (Å²) >= 11 is 6.70. The zero-order valence-corrected chi connectivity index (χ0v) is 28.0. The minimum Gasteiger partial charge on any atom is -0.484 e. The van der Waals surface area contributed by atoms with Crippen LogP contribution in [0.4, 0.5) is 16.2 Å². The molecule has 0 radical (unpaired) electrons. The molecule has 238 valence electrons. The molecular weight excluding hydrogens is 720 g/mol. The van der Waals surface area contributed by atoms with Crippen LogP contribution in [-0.2, 0) is 16.0 Å². The summed E-state index contributed by atoms with van der Waals surface area (Å²) in [7, 11) is 0. The maximum Gasteiger partial charge on any atom is 0.322 e. The first kappa shape index (κ1) is 33.0. The molecule has 2 aliphatic heterocycles. The Balaban J connectivity index is 1.25. The number of para-hydroxylation sites is 1. The molecule has 3 aromatic rings. The molecule has 0 unspecified atom stereocenters. The van der Waals surface area contributed by atoms with Crippen LogP contribution in [0.1, 0.15) is 40.7 Å². The van der Waals surface area contributed by atoms with E-state index in [1.807, 2.05) is 35.2 Å². The fourth-order valence-electron chi connectivity index (χ4n) is 5.62. The van der Waals surface area contributed by atoms with E-state index in [9.17, 15) is 19.2 Å². The van der Waals surface area contributed by atoms with Crippen molar-refractivity contribution in [2.75, 3.05) is 37.3 Å². The van der Waals surface area contributed by atoms with Crippen molar-refractivity contribution in [2.45, 2.75) is 37.8 Å². The van der Waals surface area contributed by atoms with E-state index < -0.39 is 18.6 Å². The molecule has 13 heteroatoms. The van der Waals surface area contributed by atoms with Crippen LogP contribution >= 0.6 is 31.9 Å². The lowest BCUT2D eigenvalue weighted by atomic mass is 9.99. The first-order chi connectivity index (χ1) is 22.1. The standard InChI is InChI=1S/C33H32Br2N6O5/c34-25-15-22(16-26(35)31(25)37)29(42)17-28(38-30(43)19-46-24-7-5-20(18-36)6-8-24)32(44)40-12-10-23(11-13-40)41-14-9-21-3-1-2-4-27(21)39-33(41)45/h1-8,15-16,23,28H,9-14,17,19,37H2,(H,38,43)(H,39,45)/t28-/m1/s1. The molecule has 1 fully saturated rings. The number of nitrogen functional groups attached to an aromatic ring is 1. The van der Waals surface area contributed by atoms with Crippen molar-refractivity contribution >= 4 is 66.9 Å². The van der Waals surface area contributed by atoms with Gasteiger partial charge in [-0.3, -0.25) is 14.4 Å². The smallest absolute Gasteiger partial charge is 0.322 e. The van der Waals surface area contributed by atoms with E-state index in [-0.39, 0.29) is 30.2 Å². The van der Waals surface area contributed by atoms with E-state index in [2.05, 4.69) is 42.5 Å². The minimum absolute atomic E-state index is 0.0571. The summed E-state index contributed by atoms with van der Waals surface area (Å²) in [6.45, 7) is 0.904. The SMILES string of the molecule is N#Cc1ccc(OCC(=O)N[C@H](CC(=O)c2cc(Br)c(N)c(Br)c2)C(=O)N2CCC(N3CCc4ccccc4NC3=O)CC2)cc1.